The topological polar surface area (TPSA) is 174 Å². The van der Waals surface area contributed by atoms with E-state index in [1.807, 2.05) is 52.0 Å². The lowest BCUT2D eigenvalue weighted by atomic mass is 9.79. The first-order valence-electron chi connectivity index (χ1n) is 13.5. The monoisotopic (exact) mass is 584 g/mol. The molecule has 4 N–H and O–H groups in total. The molecule has 0 aliphatic carbocycles. The second-order valence-electron chi connectivity index (χ2n) is 11.4. The Balaban J connectivity index is 1.20. The minimum atomic E-state index is -1.78. The van der Waals surface area contributed by atoms with E-state index in [4.69, 9.17) is 27.9 Å². The van der Waals surface area contributed by atoms with Crippen molar-refractivity contribution in [2.75, 3.05) is 6.61 Å². The van der Waals surface area contributed by atoms with Gasteiger partial charge in [0.25, 0.3) is 0 Å². The van der Waals surface area contributed by atoms with Crippen LogP contribution in [0.4, 0.5) is 0 Å². The zero-order valence-corrected chi connectivity index (χ0v) is 23.6. The van der Waals surface area contributed by atoms with Gasteiger partial charge in [-0.3, -0.25) is 0 Å². The highest BCUT2D eigenvalue weighted by molar-refractivity contribution is 6.62. The molecule has 12 nitrogen and oxygen atoms in total. The molecular formula is C29H33BO12. The van der Waals surface area contributed by atoms with Gasteiger partial charge in [-0.1, -0.05) is 24.3 Å². The summed E-state index contributed by atoms with van der Waals surface area (Å²) >= 11 is 0. The Morgan fingerprint density at radius 2 is 1.57 bits per heavy atom. The van der Waals surface area contributed by atoms with Gasteiger partial charge in [0.1, 0.15) is 54.5 Å². The van der Waals surface area contributed by atoms with Gasteiger partial charge in [-0.15, -0.1) is 0 Å². The van der Waals surface area contributed by atoms with Crippen molar-refractivity contribution < 1.29 is 53.2 Å². The molecule has 13 heteroatoms. The predicted molar refractivity (Wildman–Crippen MR) is 148 cm³/mol. The Morgan fingerprint density at radius 1 is 0.905 bits per heavy atom. The first-order chi connectivity index (χ1) is 19.8. The van der Waals surface area contributed by atoms with Crippen LogP contribution in [0.25, 0.3) is 11.0 Å². The number of aliphatic hydroxyl groups is 4. The number of benzene rings is 2. The van der Waals surface area contributed by atoms with E-state index in [2.05, 4.69) is 0 Å². The second-order valence-corrected chi connectivity index (χ2v) is 11.4. The van der Waals surface area contributed by atoms with Crippen molar-refractivity contribution in [3.63, 3.8) is 0 Å². The Bertz CT molecular complexity index is 1480. The summed E-state index contributed by atoms with van der Waals surface area (Å²) in [7, 11) is -0.461. The summed E-state index contributed by atoms with van der Waals surface area (Å²) in [6.07, 6.45) is -8.16. The van der Waals surface area contributed by atoms with Crippen LogP contribution in [0.1, 0.15) is 43.6 Å². The first kappa shape index (κ1) is 30.2. The van der Waals surface area contributed by atoms with E-state index in [1.165, 1.54) is 12.1 Å². The quantitative estimate of drug-likeness (QED) is 0.174. The molecule has 42 heavy (non-hydrogen) atoms. The fourth-order valence-electron chi connectivity index (χ4n) is 4.54. The fraction of sp³-hybridized carbons (Fsp3) is 0.448. The Labute approximate surface area is 241 Å². The smallest absolute Gasteiger partial charge is 0.489 e. The molecule has 1 aromatic heterocycles. The van der Waals surface area contributed by atoms with Crippen LogP contribution in [0.2, 0.25) is 0 Å². The van der Waals surface area contributed by atoms with Crippen LogP contribution < -0.4 is 15.8 Å². The third kappa shape index (κ3) is 5.95. The molecule has 2 aliphatic heterocycles. The van der Waals surface area contributed by atoms with Crippen molar-refractivity contribution in [3.05, 3.63) is 70.1 Å². The number of carbonyl (C=O) groups excluding carboxylic acids is 1. The van der Waals surface area contributed by atoms with E-state index in [0.29, 0.717) is 11.1 Å². The number of rotatable bonds is 7. The molecule has 0 bridgehead atoms. The molecular weight excluding hydrogens is 551 g/mol. The van der Waals surface area contributed by atoms with E-state index in [-0.39, 0.29) is 12.2 Å². The van der Waals surface area contributed by atoms with Crippen molar-refractivity contribution in [2.45, 2.75) is 76.2 Å². The van der Waals surface area contributed by atoms with Crippen LogP contribution in [-0.2, 0) is 25.4 Å². The summed E-state index contributed by atoms with van der Waals surface area (Å²) in [6, 6.07) is 13.8. The zero-order chi connectivity index (χ0) is 30.4. The highest BCUT2D eigenvalue weighted by atomic mass is 16.7. The molecule has 5 atom stereocenters. The molecule has 0 amide bonds. The van der Waals surface area contributed by atoms with Gasteiger partial charge >= 0.3 is 18.7 Å². The minimum Gasteiger partial charge on any atom is -0.489 e. The van der Waals surface area contributed by atoms with Gasteiger partial charge in [0.15, 0.2) is 6.29 Å². The second kappa shape index (κ2) is 11.4. The molecule has 3 aromatic rings. The van der Waals surface area contributed by atoms with Gasteiger partial charge in [-0.2, -0.15) is 0 Å². The maximum atomic E-state index is 12.5. The van der Waals surface area contributed by atoms with Gasteiger partial charge in [-0.25, -0.2) is 9.59 Å². The Morgan fingerprint density at radius 3 is 2.24 bits per heavy atom. The molecule has 5 rings (SSSR count). The van der Waals surface area contributed by atoms with Gasteiger partial charge in [0.2, 0.25) is 0 Å². The molecule has 3 heterocycles. The number of ether oxygens (including phenoxy) is 3. The molecule has 224 valence electrons. The van der Waals surface area contributed by atoms with Crippen LogP contribution in [0, 0.1) is 0 Å². The van der Waals surface area contributed by atoms with Crippen molar-refractivity contribution >= 4 is 29.5 Å². The largest absolute Gasteiger partial charge is 0.494 e. The minimum absolute atomic E-state index is 0.191. The molecule has 0 radical (unpaired) electrons. The van der Waals surface area contributed by atoms with E-state index >= 15 is 0 Å². The summed E-state index contributed by atoms with van der Waals surface area (Å²) in [6.45, 7) is 7.65. The van der Waals surface area contributed by atoms with Crippen molar-refractivity contribution in [3.8, 4) is 5.75 Å². The van der Waals surface area contributed by atoms with Crippen molar-refractivity contribution in [1.29, 1.82) is 0 Å². The van der Waals surface area contributed by atoms with Crippen LogP contribution in [0.5, 0.6) is 5.75 Å². The van der Waals surface area contributed by atoms with Crippen LogP contribution in [0.15, 0.2) is 57.7 Å². The number of aliphatic hydroxyl groups excluding tert-OH is 4. The number of hydrogen-bond donors (Lipinski definition) is 4. The molecule has 2 aromatic carbocycles. The summed E-state index contributed by atoms with van der Waals surface area (Å²) in [5.41, 5.74) is -0.226. The standard InChI is InChI=1S/C29H33BO12/c1-28(2)29(3,4)42-30(41-28)17-8-5-15(6-9-17)13-37-18-10-7-16-11-19(26(35)39-20(16)12-18)25(34)38-14-21-22(31)23(32)24(33)27(36)40-21/h5-12,21-24,27,31-33,36H,13-14H2,1-4H3. The highest BCUT2D eigenvalue weighted by Gasteiger charge is 2.51. The lowest BCUT2D eigenvalue weighted by Crippen LogP contribution is -2.58. The van der Waals surface area contributed by atoms with Crippen LogP contribution in [-0.4, -0.2) is 82.0 Å². The van der Waals surface area contributed by atoms with Crippen LogP contribution in [0.3, 0.4) is 0 Å². The number of esters is 1. The molecule has 5 unspecified atom stereocenters. The Hall–Kier alpha value is -3.30. The summed E-state index contributed by atoms with van der Waals surface area (Å²) in [5, 5.41) is 39.4. The lowest BCUT2D eigenvalue weighted by molar-refractivity contribution is -0.286. The van der Waals surface area contributed by atoms with Crippen molar-refractivity contribution in [1.82, 2.24) is 0 Å². The summed E-state index contributed by atoms with van der Waals surface area (Å²) in [4.78, 5) is 25.1. The summed E-state index contributed by atoms with van der Waals surface area (Å²) < 4.78 is 33.4. The SMILES string of the molecule is CC1(C)OB(c2ccc(COc3ccc4cc(C(=O)OCC5OC(O)C(O)C(O)C5O)c(=O)oc4c3)cc2)OC1(C)C. The van der Waals surface area contributed by atoms with Crippen molar-refractivity contribution in [2.24, 2.45) is 0 Å². The lowest BCUT2D eigenvalue weighted by Gasteiger charge is -2.37. The fourth-order valence-corrected chi connectivity index (χ4v) is 4.54. The Kier molecular flexibility index (Phi) is 8.20. The zero-order valence-electron chi connectivity index (χ0n) is 23.6. The van der Waals surface area contributed by atoms with E-state index in [0.717, 1.165) is 11.0 Å². The maximum Gasteiger partial charge on any atom is 0.494 e. The number of hydrogen-bond acceptors (Lipinski definition) is 12. The normalized spacial score (nSPS) is 26.8. The van der Waals surface area contributed by atoms with Gasteiger partial charge in [0.05, 0.1) is 11.2 Å². The average Bonchev–Trinajstić information content (AvgIpc) is 3.17. The number of fused-ring (bicyclic) bond motifs is 1. The van der Waals surface area contributed by atoms with Gasteiger partial charge in [-0.05, 0) is 56.9 Å². The highest BCUT2D eigenvalue weighted by Crippen LogP contribution is 2.36. The third-order valence-corrected chi connectivity index (χ3v) is 7.90. The molecule has 0 saturated carbocycles. The van der Waals surface area contributed by atoms with E-state index in [9.17, 15) is 30.0 Å². The van der Waals surface area contributed by atoms with E-state index in [1.54, 1.807) is 12.1 Å². The molecule has 2 fully saturated rings. The first-order valence-corrected chi connectivity index (χ1v) is 13.5. The molecule has 2 aliphatic rings. The molecule has 2 saturated heterocycles. The van der Waals surface area contributed by atoms with Gasteiger partial charge < -0.3 is 48.4 Å². The average molecular weight is 584 g/mol. The summed E-state index contributed by atoms with van der Waals surface area (Å²) in [5.74, 6) is -0.611. The van der Waals surface area contributed by atoms with E-state index < -0.39 is 72.8 Å². The molecule has 0 spiro atoms. The van der Waals surface area contributed by atoms with Crippen LogP contribution >= 0.6 is 0 Å². The van der Waals surface area contributed by atoms with Gasteiger partial charge in [0, 0.05) is 11.5 Å². The third-order valence-electron chi connectivity index (χ3n) is 7.90. The predicted octanol–water partition coefficient (Wildman–Crippen LogP) is 0.628. The maximum absolute atomic E-state index is 12.5. The number of carbonyl (C=O) groups is 1.